The standard InChI is InChI=1S/C22H14ClN3O3S/c23-15-7-9-16(10-8-15)26-21(28)18(20(27)25-22(26)30)12-14-6-11-19(24-13-14)29-17-4-2-1-3-5-17/h1-13H,(H,25,27,30). The van der Waals surface area contributed by atoms with Gasteiger partial charge in [-0.1, -0.05) is 29.8 Å². The molecule has 2 heterocycles. The van der Waals surface area contributed by atoms with Gasteiger partial charge in [0.25, 0.3) is 11.8 Å². The Hall–Kier alpha value is -3.55. The van der Waals surface area contributed by atoms with E-state index in [1.54, 1.807) is 36.4 Å². The van der Waals surface area contributed by atoms with Gasteiger partial charge in [0.1, 0.15) is 11.3 Å². The molecule has 1 N–H and O–H groups in total. The lowest BCUT2D eigenvalue weighted by atomic mass is 10.1. The number of hydrogen-bond acceptors (Lipinski definition) is 5. The fourth-order valence-corrected chi connectivity index (χ4v) is 3.20. The maximum atomic E-state index is 13.0. The summed E-state index contributed by atoms with van der Waals surface area (Å²) in [6.07, 6.45) is 2.98. The van der Waals surface area contributed by atoms with Crippen molar-refractivity contribution in [2.75, 3.05) is 4.90 Å². The number of halogens is 1. The second-order valence-electron chi connectivity index (χ2n) is 6.28. The van der Waals surface area contributed by atoms with Crippen molar-refractivity contribution >= 4 is 52.5 Å². The molecule has 4 rings (SSSR count). The van der Waals surface area contributed by atoms with Crippen LogP contribution >= 0.6 is 23.8 Å². The number of thiocarbonyl (C=S) groups is 1. The minimum atomic E-state index is -0.570. The first-order chi connectivity index (χ1) is 14.5. The quantitative estimate of drug-likeness (QED) is 0.374. The van der Waals surface area contributed by atoms with E-state index >= 15 is 0 Å². The van der Waals surface area contributed by atoms with Crippen LogP contribution in [0, 0.1) is 0 Å². The third-order valence-corrected chi connectivity index (χ3v) is 4.76. The number of ether oxygens (including phenoxy) is 1. The summed E-state index contributed by atoms with van der Waals surface area (Å²) in [7, 11) is 0. The number of carbonyl (C=O) groups excluding carboxylic acids is 2. The summed E-state index contributed by atoms with van der Waals surface area (Å²) < 4.78 is 5.65. The smallest absolute Gasteiger partial charge is 0.270 e. The van der Waals surface area contributed by atoms with Crippen LogP contribution in [0.5, 0.6) is 11.6 Å². The van der Waals surface area contributed by atoms with Gasteiger partial charge < -0.3 is 4.74 Å². The maximum absolute atomic E-state index is 13.0. The number of amides is 2. The van der Waals surface area contributed by atoms with Crippen LogP contribution in [0.1, 0.15) is 5.56 Å². The number of hydrogen-bond donors (Lipinski definition) is 1. The fourth-order valence-electron chi connectivity index (χ4n) is 2.80. The van der Waals surface area contributed by atoms with E-state index in [1.165, 1.54) is 17.2 Å². The Morgan fingerprint density at radius 3 is 2.40 bits per heavy atom. The van der Waals surface area contributed by atoms with Crippen LogP contribution in [-0.2, 0) is 9.59 Å². The molecule has 148 valence electrons. The van der Waals surface area contributed by atoms with E-state index in [1.807, 2.05) is 30.3 Å². The number of rotatable bonds is 4. The molecule has 0 unspecified atom stereocenters. The highest BCUT2D eigenvalue weighted by atomic mass is 35.5. The molecule has 1 aliphatic heterocycles. The largest absolute Gasteiger partial charge is 0.439 e. The lowest BCUT2D eigenvalue weighted by Crippen LogP contribution is -2.54. The van der Waals surface area contributed by atoms with Crippen LogP contribution in [0.25, 0.3) is 6.08 Å². The van der Waals surface area contributed by atoms with Gasteiger partial charge in [-0.15, -0.1) is 0 Å². The van der Waals surface area contributed by atoms with E-state index < -0.39 is 11.8 Å². The van der Waals surface area contributed by atoms with Crippen molar-refractivity contribution in [1.82, 2.24) is 10.3 Å². The van der Waals surface area contributed by atoms with Gasteiger partial charge in [0, 0.05) is 17.3 Å². The Bertz CT molecular complexity index is 1150. The summed E-state index contributed by atoms with van der Waals surface area (Å²) in [5, 5.41) is 3.07. The third kappa shape index (κ3) is 4.22. The van der Waals surface area contributed by atoms with Crippen molar-refractivity contribution in [1.29, 1.82) is 0 Å². The van der Waals surface area contributed by atoms with E-state index in [0.29, 0.717) is 27.9 Å². The number of nitrogens with zero attached hydrogens (tertiary/aromatic N) is 2. The fraction of sp³-hybridized carbons (Fsp3) is 0. The van der Waals surface area contributed by atoms with Gasteiger partial charge in [-0.05, 0) is 66.3 Å². The number of carbonyl (C=O) groups is 2. The molecule has 0 bridgehead atoms. The lowest BCUT2D eigenvalue weighted by molar-refractivity contribution is -0.122. The first-order valence-corrected chi connectivity index (χ1v) is 9.66. The maximum Gasteiger partial charge on any atom is 0.270 e. The molecule has 8 heteroatoms. The van der Waals surface area contributed by atoms with E-state index in [-0.39, 0.29) is 10.7 Å². The zero-order chi connectivity index (χ0) is 21.1. The Morgan fingerprint density at radius 2 is 1.73 bits per heavy atom. The molecule has 0 atom stereocenters. The Labute approximate surface area is 182 Å². The number of benzene rings is 2. The van der Waals surface area contributed by atoms with Crippen molar-refractivity contribution in [3.63, 3.8) is 0 Å². The Kier molecular flexibility index (Phi) is 5.56. The van der Waals surface area contributed by atoms with E-state index in [9.17, 15) is 9.59 Å². The van der Waals surface area contributed by atoms with Gasteiger partial charge in [0.2, 0.25) is 5.88 Å². The minimum absolute atomic E-state index is 0.00852. The highest BCUT2D eigenvalue weighted by Gasteiger charge is 2.34. The number of aromatic nitrogens is 1. The number of para-hydroxylation sites is 1. The van der Waals surface area contributed by atoms with Gasteiger partial charge in [0.05, 0.1) is 5.69 Å². The second-order valence-corrected chi connectivity index (χ2v) is 7.10. The topological polar surface area (TPSA) is 71.5 Å². The van der Waals surface area contributed by atoms with Crippen molar-refractivity contribution < 1.29 is 14.3 Å². The van der Waals surface area contributed by atoms with Crippen LogP contribution < -0.4 is 15.0 Å². The van der Waals surface area contributed by atoms with Crippen molar-refractivity contribution in [2.24, 2.45) is 0 Å². The normalized spacial score (nSPS) is 15.3. The first kappa shape index (κ1) is 19.8. The van der Waals surface area contributed by atoms with Crippen molar-refractivity contribution in [2.45, 2.75) is 0 Å². The molecule has 1 aromatic heterocycles. The average Bonchev–Trinajstić information content (AvgIpc) is 2.74. The molecule has 1 saturated heterocycles. The summed E-state index contributed by atoms with van der Waals surface area (Å²) in [6.45, 7) is 0. The molecule has 2 aromatic carbocycles. The third-order valence-electron chi connectivity index (χ3n) is 4.22. The first-order valence-electron chi connectivity index (χ1n) is 8.87. The zero-order valence-electron chi connectivity index (χ0n) is 15.4. The Balaban J connectivity index is 1.58. The molecule has 3 aromatic rings. The van der Waals surface area contributed by atoms with E-state index in [0.717, 1.165) is 0 Å². The molecule has 2 amide bonds. The van der Waals surface area contributed by atoms with Crippen molar-refractivity contribution in [3.8, 4) is 11.6 Å². The van der Waals surface area contributed by atoms with Gasteiger partial charge in [-0.3, -0.25) is 19.8 Å². The summed E-state index contributed by atoms with van der Waals surface area (Å²) in [5.74, 6) is -0.0488. The average molecular weight is 436 g/mol. The summed E-state index contributed by atoms with van der Waals surface area (Å²) in [5.41, 5.74) is 1.01. The molecule has 0 radical (unpaired) electrons. The molecule has 0 saturated carbocycles. The zero-order valence-corrected chi connectivity index (χ0v) is 17.0. The van der Waals surface area contributed by atoms with E-state index in [2.05, 4.69) is 10.3 Å². The predicted octanol–water partition coefficient (Wildman–Crippen LogP) is 4.36. The summed E-state index contributed by atoms with van der Waals surface area (Å²) >= 11 is 11.1. The number of nitrogens with one attached hydrogen (secondary N) is 1. The molecule has 30 heavy (non-hydrogen) atoms. The highest BCUT2D eigenvalue weighted by molar-refractivity contribution is 7.80. The number of anilines is 1. The van der Waals surface area contributed by atoms with Crippen LogP contribution in [0.15, 0.2) is 78.5 Å². The summed E-state index contributed by atoms with van der Waals surface area (Å²) in [4.78, 5) is 30.8. The predicted molar refractivity (Wildman–Crippen MR) is 118 cm³/mol. The molecule has 1 aliphatic rings. The van der Waals surface area contributed by atoms with Gasteiger partial charge in [-0.25, -0.2) is 4.98 Å². The Morgan fingerprint density at radius 1 is 1.00 bits per heavy atom. The molecular weight excluding hydrogens is 422 g/mol. The van der Waals surface area contributed by atoms with Crippen LogP contribution in [-0.4, -0.2) is 21.9 Å². The van der Waals surface area contributed by atoms with Crippen LogP contribution in [0.2, 0.25) is 5.02 Å². The molecule has 6 nitrogen and oxygen atoms in total. The molecular formula is C22H14ClN3O3S. The van der Waals surface area contributed by atoms with Crippen molar-refractivity contribution in [3.05, 3.63) is 89.1 Å². The summed E-state index contributed by atoms with van der Waals surface area (Å²) in [6, 6.07) is 19.2. The van der Waals surface area contributed by atoms with Gasteiger partial charge >= 0.3 is 0 Å². The van der Waals surface area contributed by atoms with Crippen LogP contribution in [0.4, 0.5) is 5.69 Å². The molecule has 1 fully saturated rings. The number of pyridine rings is 1. The SMILES string of the molecule is O=C1NC(=S)N(c2ccc(Cl)cc2)C(=O)C1=Cc1ccc(Oc2ccccc2)nc1. The van der Waals surface area contributed by atoms with Gasteiger partial charge in [0.15, 0.2) is 5.11 Å². The minimum Gasteiger partial charge on any atom is -0.439 e. The highest BCUT2D eigenvalue weighted by Crippen LogP contribution is 2.24. The van der Waals surface area contributed by atoms with Crippen LogP contribution in [0.3, 0.4) is 0 Å². The molecule has 0 spiro atoms. The molecule has 0 aliphatic carbocycles. The van der Waals surface area contributed by atoms with E-state index in [4.69, 9.17) is 28.6 Å². The second kappa shape index (κ2) is 8.44. The lowest BCUT2D eigenvalue weighted by Gasteiger charge is -2.28. The van der Waals surface area contributed by atoms with Gasteiger partial charge in [-0.2, -0.15) is 0 Å². The monoisotopic (exact) mass is 435 g/mol.